The molecule has 0 saturated carbocycles. The predicted octanol–water partition coefficient (Wildman–Crippen LogP) is 6.42. The third-order valence-electron chi connectivity index (χ3n) is 5.75. The van der Waals surface area contributed by atoms with E-state index in [4.69, 9.17) is 4.98 Å². The van der Waals surface area contributed by atoms with Crippen LogP contribution in [0.15, 0.2) is 121 Å². The number of benzene rings is 4. The molecule has 4 aromatic carbocycles. The number of hydrogen-bond donors (Lipinski definition) is 0. The number of nitrogens with zero attached hydrogens (tertiary/aromatic N) is 1. The first kappa shape index (κ1) is 24.3. The first-order chi connectivity index (χ1) is 16.4. The van der Waals surface area contributed by atoms with E-state index in [9.17, 15) is 0 Å². The zero-order valence-electron chi connectivity index (χ0n) is 18.7. The Bertz CT molecular complexity index is 1270. The second kappa shape index (κ2) is 12.0. The molecular formula is C31H25NPPt+. The molecule has 5 aromatic rings. The van der Waals surface area contributed by atoms with Crippen LogP contribution in [-0.4, -0.2) is 11.1 Å². The van der Waals surface area contributed by atoms with Crippen molar-refractivity contribution in [1.82, 2.24) is 4.98 Å². The molecule has 0 aliphatic carbocycles. The average molecular weight is 638 g/mol. The largest absolute Gasteiger partial charge is 2.00 e. The molecule has 5 rings (SSSR count). The summed E-state index contributed by atoms with van der Waals surface area (Å²) in [6.45, 7) is 0. The molecule has 34 heavy (non-hydrogen) atoms. The van der Waals surface area contributed by atoms with Crippen molar-refractivity contribution >= 4 is 18.5 Å². The van der Waals surface area contributed by atoms with E-state index in [1.807, 2.05) is 30.3 Å². The number of rotatable bonds is 7. The molecule has 1 heterocycles. The van der Waals surface area contributed by atoms with Gasteiger partial charge in [-0.3, -0.25) is 0 Å². The van der Waals surface area contributed by atoms with E-state index in [1.165, 1.54) is 16.2 Å². The fourth-order valence-corrected chi connectivity index (χ4v) is 6.71. The van der Waals surface area contributed by atoms with Gasteiger partial charge >= 0.3 is 21.1 Å². The minimum absolute atomic E-state index is 0. The molecule has 0 fully saturated rings. The third kappa shape index (κ3) is 5.98. The maximum atomic E-state index is 4.89. The summed E-state index contributed by atoms with van der Waals surface area (Å²) in [5.74, 6) is 0. The SMILES string of the molecule is [Pt+2].[c-]1ccccc1-c1cccc(-c2[c-]c(CC[PH+](c3ccccc3)c3ccccc3)ccc2)n1. The third-order valence-corrected chi connectivity index (χ3v) is 8.56. The van der Waals surface area contributed by atoms with Crippen LogP contribution in [0, 0.1) is 12.1 Å². The molecule has 0 amide bonds. The van der Waals surface area contributed by atoms with Gasteiger partial charge in [0.1, 0.15) is 0 Å². The fourth-order valence-electron chi connectivity index (χ4n) is 4.09. The Morgan fingerprint density at radius 1 is 0.588 bits per heavy atom. The van der Waals surface area contributed by atoms with Gasteiger partial charge in [-0.15, -0.1) is 71.3 Å². The summed E-state index contributed by atoms with van der Waals surface area (Å²) in [5.41, 5.74) is 5.17. The van der Waals surface area contributed by atoms with E-state index < -0.39 is 7.92 Å². The van der Waals surface area contributed by atoms with Crippen molar-refractivity contribution in [2.24, 2.45) is 0 Å². The summed E-state index contributed by atoms with van der Waals surface area (Å²) in [4.78, 5) is 4.89. The Labute approximate surface area is 217 Å². The summed E-state index contributed by atoms with van der Waals surface area (Å²) in [5, 5.41) is 2.91. The molecule has 0 atom stereocenters. The maximum Gasteiger partial charge on any atom is 2.00 e. The maximum absolute atomic E-state index is 4.89. The summed E-state index contributed by atoms with van der Waals surface area (Å²) < 4.78 is 0. The monoisotopic (exact) mass is 637 g/mol. The van der Waals surface area contributed by atoms with Crippen LogP contribution in [0.3, 0.4) is 0 Å². The zero-order valence-corrected chi connectivity index (χ0v) is 22.0. The van der Waals surface area contributed by atoms with E-state index in [0.29, 0.717) is 0 Å². The molecule has 0 spiro atoms. The van der Waals surface area contributed by atoms with E-state index in [1.54, 1.807) is 0 Å². The van der Waals surface area contributed by atoms with E-state index in [0.717, 1.165) is 35.1 Å². The van der Waals surface area contributed by atoms with Crippen LogP contribution >= 0.6 is 7.92 Å². The van der Waals surface area contributed by atoms with Gasteiger partial charge in [0.2, 0.25) is 0 Å². The minimum Gasteiger partial charge on any atom is -0.345 e. The molecule has 168 valence electrons. The van der Waals surface area contributed by atoms with Crippen LogP contribution in [0.25, 0.3) is 22.5 Å². The average Bonchev–Trinajstić information content (AvgIpc) is 2.91. The van der Waals surface area contributed by atoms with Gasteiger partial charge in [0.25, 0.3) is 0 Å². The number of pyridine rings is 1. The van der Waals surface area contributed by atoms with Crippen LogP contribution in [0.5, 0.6) is 0 Å². The van der Waals surface area contributed by atoms with Gasteiger partial charge in [-0.25, -0.2) is 0 Å². The van der Waals surface area contributed by atoms with Crippen molar-refractivity contribution < 1.29 is 21.1 Å². The summed E-state index contributed by atoms with van der Waals surface area (Å²) in [7, 11) is -0.856. The van der Waals surface area contributed by atoms with Crippen molar-refractivity contribution in [2.75, 3.05) is 6.16 Å². The van der Waals surface area contributed by atoms with Gasteiger partial charge in [0.15, 0.2) is 0 Å². The summed E-state index contributed by atoms with van der Waals surface area (Å²) >= 11 is 0. The number of aromatic nitrogens is 1. The van der Waals surface area contributed by atoms with Crippen molar-refractivity contribution in [2.45, 2.75) is 6.42 Å². The molecule has 0 radical (unpaired) electrons. The zero-order chi connectivity index (χ0) is 22.3. The van der Waals surface area contributed by atoms with Crippen molar-refractivity contribution in [3.63, 3.8) is 0 Å². The van der Waals surface area contributed by atoms with Crippen LogP contribution in [0.1, 0.15) is 5.56 Å². The van der Waals surface area contributed by atoms with E-state index in [-0.39, 0.29) is 21.1 Å². The molecule has 0 N–H and O–H groups in total. The quantitative estimate of drug-likeness (QED) is 0.148. The summed E-state index contributed by atoms with van der Waals surface area (Å²) in [6.07, 6.45) is 2.13. The molecule has 0 aliphatic heterocycles. The van der Waals surface area contributed by atoms with Gasteiger partial charge in [-0.05, 0) is 42.1 Å². The van der Waals surface area contributed by atoms with Crippen molar-refractivity contribution in [1.29, 1.82) is 0 Å². The topological polar surface area (TPSA) is 12.9 Å². The van der Waals surface area contributed by atoms with Crippen LogP contribution < -0.4 is 10.6 Å². The normalized spacial score (nSPS) is 10.6. The first-order valence-corrected chi connectivity index (χ1v) is 13.0. The Morgan fingerprint density at radius 2 is 1.18 bits per heavy atom. The van der Waals surface area contributed by atoms with Gasteiger partial charge < -0.3 is 4.98 Å². The Balaban J connectivity index is 0.00000274. The van der Waals surface area contributed by atoms with Crippen LogP contribution in [0.4, 0.5) is 0 Å². The minimum atomic E-state index is -0.856. The standard InChI is InChI=1S/C31H24NP.Pt/c1-4-13-26(14-5-1)30-20-11-21-31(32-30)27-15-10-12-25(24-27)22-23-33(28-16-6-2-7-17-28)29-18-8-3-9-19-29;/h1-13,15-21H,22-23H2;/q-2;+2/p+1. The van der Waals surface area contributed by atoms with E-state index >= 15 is 0 Å². The second-order valence-corrected chi connectivity index (χ2v) is 10.6. The van der Waals surface area contributed by atoms with Gasteiger partial charge in [0.05, 0.1) is 24.7 Å². The smallest absolute Gasteiger partial charge is 0.345 e. The number of aryl methyl sites for hydroxylation is 1. The molecule has 1 nitrogen and oxygen atoms in total. The second-order valence-electron chi connectivity index (χ2n) is 7.98. The van der Waals surface area contributed by atoms with Crippen molar-refractivity contribution in [3.8, 4) is 22.5 Å². The molecule has 1 aromatic heterocycles. The Morgan fingerprint density at radius 3 is 1.82 bits per heavy atom. The Hall–Kier alpha value is -2.85. The summed E-state index contributed by atoms with van der Waals surface area (Å²) in [6, 6.07) is 49.4. The molecular weight excluding hydrogens is 612 g/mol. The molecule has 0 saturated heterocycles. The van der Waals surface area contributed by atoms with Gasteiger partial charge in [-0.2, -0.15) is 0 Å². The molecule has 0 bridgehead atoms. The van der Waals surface area contributed by atoms with Crippen LogP contribution in [0.2, 0.25) is 0 Å². The van der Waals surface area contributed by atoms with E-state index in [2.05, 4.69) is 103 Å². The first-order valence-electron chi connectivity index (χ1n) is 11.3. The van der Waals surface area contributed by atoms with Gasteiger partial charge in [0, 0.05) is 0 Å². The molecule has 0 unspecified atom stereocenters. The fraction of sp³-hybridized carbons (Fsp3) is 0.0645. The predicted molar refractivity (Wildman–Crippen MR) is 142 cm³/mol. The van der Waals surface area contributed by atoms with Gasteiger partial charge in [-0.1, -0.05) is 54.6 Å². The number of hydrogen-bond acceptors (Lipinski definition) is 1. The molecule has 0 aliphatic rings. The molecule has 3 heteroatoms. The van der Waals surface area contributed by atoms with Crippen LogP contribution in [-0.2, 0) is 27.5 Å². The van der Waals surface area contributed by atoms with Crippen molar-refractivity contribution in [3.05, 3.63) is 139 Å². The Kier molecular flexibility index (Phi) is 8.59.